The molecule has 27 heavy (non-hydrogen) atoms. The number of ether oxygens (including phenoxy) is 2. The Morgan fingerprint density at radius 2 is 2.00 bits per heavy atom. The molecule has 0 fully saturated rings. The van der Waals surface area contributed by atoms with Crippen LogP contribution in [0.3, 0.4) is 0 Å². The van der Waals surface area contributed by atoms with E-state index in [9.17, 15) is 0 Å². The second-order valence-corrected chi connectivity index (χ2v) is 7.03. The first kappa shape index (κ1) is 23.6. The highest BCUT2D eigenvalue weighted by atomic mass is 127. The molecule has 0 saturated carbocycles. The summed E-state index contributed by atoms with van der Waals surface area (Å²) in [5.41, 5.74) is 1.13. The van der Waals surface area contributed by atoms with Gasteiger partial charge in [-0.15, -0.1) is 35.3 Å². The normalized spacial score (nSPS) is 11.0. The molecular formula is C19H29IN4O2S. The summed E-state index contributed by atoms with van der Waals surface area (Å²) in [5, 5.41) is 7.77. The van der Waals surface area contributed by atoms with Crippen LogP contribution in [0.1, 0.15) is 28.8 Å². The predicted octanol–water partition coefficient (Wildman–Crippen LogP) is 3.74. The maximum Gasteiger partial charge on any atom is 0.191 e. The maximum absolute atomic E-state index is 5.38. The standard InChI is InChI=1S/C19H28N4O2S.HI/c1-4-25-11-5-10-20-19(23-14-18-21-12-15(2)26-18)22-13-16-6-8-17(24-3)9-7-16;/h6-9,12H,4-5,10-11,13-14H2,1-3H3,(H2,20,22,23);1H. The molecule has 8 heteroatoms. The third-order valence-electron chi connectivity index (χ3n) is 3.62. The Balaban J connectivity index is 0.00000364. The lowest BCUT2D eigenvalue weighted by atomic mass is 10.2. The number of methoxy groups -OCH3 is 1. The Kier molecular flexibility index (Phi) is 12.0. The van der Waals surface area contributed by atoms with Gasteiger partial charge in [-0.25, -0.2) is 9.98 Å². The highest BCUT2D eigenvalue weighted by Gasteiger charge is 2.03. The number of hydrogen-bond acceptors (Lipinski definition) is 5. The van der Waals surface area contributed by atoms with Crippen molar-refractivity contribution in [1.29, 1.82) is 0 Å². The van der Waals surface area contributed by atoms with Gasteiger partial charge in [-0.3, -0.25) is 0 Å². The van der Waals surface area contributed by atoms with Crippen molar-refractivity contribution in [3.05, 3.63) is 45.9 Å². The van der Waals surface area contributed by atoms with Crippen LogP contribution in [0.4, 0.5) is 0 Å². The fourth-order valence-electron chi connectivity index (χ4n) is 2.24. The highest BCUT2D eigenvalue weighted by molar-refractivity contribution is 14.0. The minimum atomic E-state index is 0. The van der Waals surface area contributed by atoms with Crippen LogP contribution in [0.15, 0.2) is 35.5 Å². The van der Waals surface area contributed by atoms with Gasteiger partial charge in [-0.05, 0) is 38.0 Å². The number of aromatic nitrogens is 1. The van der Waals surface area contributed by atoms with Gasteiger partial charge < -0.3 is 20.1 Å². The number of aryl methyl sites for hydroxylation is 1. The van der Waals surface area contributed by atoms with E-state index in [1.165, 1.54) is 4.88 Å². The van der Waals surface area contributed by atoms with E-state index in [0.29, 0.717) is 13.1 Å². The number of nitrogens with zero attached hydrogens (tertiary/aromatic N) is 2. The molecule has 2 aromatic rings. The molecule has 150 valence electrons. The molecule has 2 N–H and O–H groups in total. The van der Waals surface area contributed by atoms with Crippen molar-refractivity contribution < 1.29 is 9.47 Å². The van der Waals surface area contributed by atoms with Gasteiger partial charge in [0.1, 0.15) is 10.8 Å². The van der Waals surface area contributed by atoms with Crippen LogP contribution in [0.25, 0.3) is 0 Å². The zero-order chi connectivity index (χ0) is 18.6. The molecule has 0 unspecified atom stereocenters. The Hall–Kier alpha value is -1.39. The fraction of sp³-hybridized carbons (Fsp3) is 0.474. The average Bonchev–Trinajstić information content (AvgIpc) is 3.08. The van der Waals surface area contributed by atoms with Crippen LogP contribution in [-0.4, -0.2) is 37.8 Å². The number of halogens is 1. The summed E-state index contributed by atoms with van der Waals surface area (Å²) >= 11 is 1.69. The number of guanidine groups is 1. The third kappa shape index (κ3) is 9.39. The Morgan fingerprint density at radius 1 is 1.22 bits per heavy atom. The minimum absolute atomic E-state index is 0. The van der Waals surface area contributed by atoms with E-state index in [0.717, 1.165) is 48.5 Å². The third-order valence-corrected chi connectivity index (χ3v) is 4.53. The van der Waals surface area contributed by atoms with Gasteiger partial charge in [-0.1, -0.05) is 12.1 Å². The van der Waals surface area contributed by atoms with E-state index in [2.05, 4.69) is 27.5 Å². The second kappa shape index (κ2) is 13.7. The zero-order valence-corrected chi connectivity index (χ0v) is 19.3. The number of aliphatic imine (C=N–C) groups is 1. The molecule has 0 aliphatic heterocycles. The SMILES string of the molecule is CCOCCCNC(=NCc1ccc(OC)cc1)NCc1ncc(C)s1.I. The van der Waals surface area contributed by atoms with Gasteiger partial charge in [0.2, 0.25) is 0 Å². The summed E-state index contributed by atoms with van der Waals surface area (Å²) in [6.07, 6.45) is 2.83. The average molecular weight is 504 g/mol. The summed E-state index contributed by atoms with van der Waals surface area (Å²) in [7, 11) is 1.67. The zero-order valence-electron chi connectivity index (χ0n) is 16.2. The molecule has 0 aliphatic carbocycles. The first-order valence-electron chi connectivity index (χ1n) is 8.85. The summed E-state index contributed by atoms with van der Waals surface area (Å²) in [4.78, 5) is 10.3. The Morgan fingerprint density at radius 3 is 2.63 bits per heavy atom. The van der Waals surface area contributed by atoms with Crippen LogP contribution in [0.5, 0.6) is 5.75 Å². The quantitative estimate of drug-likeness (QED) is 0.223. The second-order valence-electron chi connectivity index (χ2n) is 5.71. The first-order chi connectivity index (χ1) is 12.7. The first-order valence-corrected chi connectivity index (χ1v) is 9.67. The number of hydrogen-bond donors (Lipinski definition) is 2. The van der Waals surface area contributed by atoms with Crippen LogP contribution in [0, 0.1) is 6.92 Å². The van der Waals surface area contributed by atoms with Crippen molar-refractivity contribution in [2.75, 3.05) is 26.9 Å². The summed E-state index contributed by atoms with van der Waals surface area (Å²) in [6.45, 7) is 7.64. The maximum atomic E-state index is 5.38. The van der Waals surface area contributed by atoms with Crippen molar-refractivity contribution in [1.82, 2.24) is 15.6 Å². The molecule has 6 nitrogen and oxygen atoms in total. The molecule has 0 bridgehead atoms. The van der Waals surface area contributed by atoms with E-state index in [4.69, 9.17) is 9.47 Å². The Bertz CT molecular complexity index is 677. The van der Waals surface area contributed by atoms with Gasteiger partial charge in [0.05, 0.1) is 20.2 Å². The van der Waals surface area contributed by atoms with Crippen molar-refractivity contribution in [2.45, 2.75) is 33.4 Å². The summed E-state index contributed by atoms with van der Waals surface area (Å²) < 4.78 is 10.6. The monoisotopic (exact) mass is 504 g/mol. The number of benzene rings is 1. The van der Waals surface area contributed by atoms with Crippen LogP contribution in [-0.2, 0) is 17.8 Å². The molecule has 1 aromatic heterocycles. The van der Waals surface area contributed by atoms with E-state index in [-0.39, 0.29) is 24.0 Å². The number of rotatable bonds is 10. The summed E-state index contributed by atoms with van der Waals surface area (Å²) in [5.74, 6) is 1.63. The van der Waals surface area contributed by atoms with Gasteiger partial charge >= 0.3 is 0 Å². The van der Waals surface area contributed by atoms with Crippen molar-refractivity contribution in [2.24, 2.45) is 4.99 Å². The lowest BCUT2D eigenvalue weighted by molar-refractivity contribution is 0.145. The highest BCUT2D eigenvalue weighted by Crippen LogP contribution is 2.12. The fourth-order valence-corrected chi connectivity index (χ4v) is 2.97. The largest absolute Gasteiger partial charge is 0.497 e. The molecular weight excluding hydrogens is 475 g/mol. The minimum Gasteiger partial charge on any atom is -0.497 e. The van der Waals surface area contributed by atoms with Gasteiger partial charge in [0, 0.05) is 30.8 Å². The van der Waals surface area contributed by atoms with Crippen LogP contribution < -0.4 is 15.4 Å². The van der Waals surface area contributed by atoms with Gasteiger partial charge in [0.15, 0.2) is 5.96 Å². The van der Waals surface area contributed by atoms with E-state index >= 15 is 0 Å². The van der Waals surface area contributed by atoms with Crippen LogP contribution in [0.2, 0.25) is 0 Å². The van der Waals surface area contributed by atoms with E-state index < -0.39 is 0 Å². The van der Waals surface area contributed by atoms with Crippen molar-refractivity contribution in [3.63, 3.8) is 0 Å². The predicted molar refractivity (Wildman–Crippen MR) is 122 cm³/mol. The van der Waals surface area contributed by atoms with E-state index in [1.807, 2.05) is 37.4 Å². The van der Waals surface area contributed by atoms with Gasteiger partial charge in [-0.2, -0.15) is 0 Å². The molecule has 0 spiro atoms. The number of thiazole rings is 1. The van der Waals surface area contributed by atoms with E-state index in [1.54, 1.807) is 18.4 Å². The molecule has 2 rings (SSSR count). The summed E-state index contributed by atoms with van der Waals surface area (Å²) in [6, 6.07) is 7.95. The lowest BCUT2D eigenvalue weighted by Gasteiger charge is -2.12. The topological polar surface area (TPSA) is 67.8 Å². The number of nitrogens with one attached hydrogen (secondary N) is 2. The molecule has 0 saturated heterocycles. The molecule has 0 atom stereocenters. The smallest absolute Gasteiger partial charge is 0.191 e. The Labute approximate surface area is 182 Å². The molecule has 1 heterocycles. The van der Waals surface area contributed by atoms with Gasteiger partial charge in [0.25, 0.3) is 0 Å². The van der Waals surface area contributed by atoms with Crippen molar-refractivity contribution in [3.8, 4) is 5.75 Å². The molecule has 0 aliphatic rings. The molecule has 1 aromatic carbocycles. The van der Waals surface area contributed by atoms with Crippen LogP contribution >= 0.6 is 35.3 Å². The molecule has 0 radical (unpaired) electrons. The van der Waals surface area contributed by atoms with Crippen molar-refractivity contribution >= 4 is 41.3 Å². The molecule has 0 amide bonds. The lowest BCUT2D eigenvalue weighted by Crippen LogP contribution is -2.37.